The quantitative estimate of drug-likeness (QED) is 0.678. The molecule has 7 heteroatoms. The summed E-state index contributed by atoms with van der Waals surface area (Å²) in [4.78, 5) is 22.7. The van der Waals surface area contributed by atoms with Gasteiger partial charge in [-0.15, -0.1) is 0 Å². The van der Waals surface area contributed by atoms with Gasteiger partial charge in [0, 0.05) is 23.7 Å². The fourth-order valence-electron chi connectivity index (χ4n) is 3.48. The second-order valence-electron chi connectivity index (χ2n) is 5.84. The van der Waals surface area contributed by atoms with E-state index in [0.29, 0.717) is 6.04 Å². The molecule has 0 saturated heterocycles. The predicted octanol–water partition coefficient (Wildman–Crippen LogP) is 2.66. The zero-order valence-electron chi connectivity index (χ0n) is 12.0. The van der Waals surface area contributed by atoms with Crippen LogP contribution in [0.5, 0.6) is 0 Å². The lowest BCUT2D eigenvalue weighted by atomic mass is 9.91. The molecule has 1 aliphatic rings. The minimum atomic E-state index is -0.934. The Morgan fingerprint density at radius 1 is 1.32 bits per heavy atom. The van der Waals surface area contributed by atoms with Gasteiger partial charge in [-0.05, 0) is 31.7 Å². The molecular weight excluding hydrogens is 282 g/mol. The van der Waals surface area contributed by atoms with Gasteiger partial charge in [0.05, 0.1) is 18.0 Å². The number of amides is 1. The molecule has 0 spiro atoms. The molecule has 3 heterocycles. The van der Waals surface area contributed by atoms with Crippen molar-refractivity contribution in [3.8, 4) is 0 Å². The number of pyridine rings is 1. The predicted molar refractivity (Wildman–Crippen MR) is 81.8 cm³/mol. The van der Waals surface area contributed by atoms with Crippen LogP contribution >= 0.6 is 0 Å². The number of nitrogens with zero attached hydrogens (tertiary/aromatic N) is 3. The third kappa shape index (κ3) is 2.09. The fraction of sp³-hybridized carbons (Fsp3) is 0.400. The summed E-state index contributed by atoms with van der Waals surface area (Å²) in [5.74, 6) is 0. The standard InChI is InChI=1S/C15H17N5O2/c21-15(22)19-9-1-3-10(4-2-9)20-8-18-12-7-17-14-11(13(12)20)5-6-16-14/h5-10,19H,1-4H2,(H,16,17)(H,21,22). The Hall–Kier alpha value is -2.57. The lowest BCUT2D eigenvalue weighted by Crippen LogP contribution is -2.36. The highest BCUT2D eigenvalue weighted by molar-refractivity contribution is 6.00. The van der Waals surface area contributed by atoms with Gasteiger partial charge in [0.25, 0.3) is 0 Å². The first kappa shape index (κ1) is 13.1. The minimum absolute atomic E-state index is 0.0671. The molecule has 0 aromatic carbocycles. The van der Waals surface area contributed by atoms with Crippen molar-refractivity contribution in [3.05, 3.63) is 24.8 Å². The van der Waals surface area contributed by atoms with Crippen molar-refractivity contribution < 1.29 is 9.90 Å². The van der Waals surface area contributed by atoms with Gasteiger partial charge in [-0.2, -0.15) is 0 Å². The Morgan fingerprint density at radius 2 is 2.14 bits per heavy atom. The third-order valence-electron chi connectivity index (χ3n) is 4.54. The smallest absolute Gasteiger partial charge is 0.404 e. The minimum Gasteiger partial charge on any atom is -0.465 e. The van der Waals surface area contributed by atoms with Gasteiger partial charge < -0.3 is 20.0 Å². The Labute approximate surface area is 126 Å². The van der Waals surface area contributed by atoms with Crippen molar-refractivity contribution in [1.82, 2.24) is 24.8 Å². The Morgan fingerprint density at radius 3 is 2.91 bits per heavy atom. The maximum absolute atomic E-state index is 10.7. The highest BCUT2D eigenvalue weighted by Crippen LogP contribution is 2.33. The van der Waals surface area contributed by atoms with Gasteiger partial charge in [-0.25, -0.2) is 14.8 Å². The summed E-state index contributed by atoms with van der Waals surface area (Å²) in [5.41, 5.74) is 2.88. The van der Waals surface area contributed by atoms with E-state index in [9.17, 15) is 4.79 Å². The first-order valence-corrected chi connectivity index (χ1v) is 7.50. The van der Waals surface area contributed by atoms with E-state index in [1.54, 1.807) is 6.20 Å². The van der Waals surface area contributed by atoms with Crippen LogP contribution in [0.2, 0.25) is 0 Å². The molecule has 0 radical (unpaired) electrons. The van der Waals surface area contributed by atoms with E-state index in [1.165, 1.54) is 0 Å². The number of carbonyl (C=O) groups is 1. The molecule has 3 aromatic heterocycles. The number of hydrogen-bond acceptors (Lipinski definition) is 3. The average molecular weight is 299 g/mol. The number of nitrogens with one attached hydrogen (secondary N) is 2. The normalized spacial score (nSPS) is 22.2. The fourth-order valence-corrected chi connectivity index (χ4v) is 3.48. The summed E-state index contributed by atoms with van der Waals surface area (Å²) in [6.45, 7) is 0. The second-order valence-corrected chi connectivity index (χ2v) is 5.84. The van der Waals surface area contributed by atoms with Crippen LogP contribution in [0.15, 0.2) is 24.8 Å². The van der Waals surface area contributed by atoms with Crippen molar-refractivity contribution in [2.75, 3.05) is 0 Å². The average Bonchev–Trinajstić information content (AvgIpc) is 3.13. The molecule has 3 N–H and O–H groups in total. The summed E-state index contributed by atoms with van der Waals surface area (Å²) in [6, 6.07) is 2.45. The lowest BCUT2D eigenvalue weighted by Gasteiger charge is -2.29. The van der Waals surface area contributed by atoms with Crippen LogP contribution in [0.3, 0.4) is 0 Å². The summed E-state index contributed by atoms with van der Waals surface area (Å²) in [5, 5.41) is 12.5. The highest BCUT2D eigenvalue weighted by Gasteiger charge is 2.25. The van der Waals surface area contributed by atoms with E-state index < -0.39 is 6.09 Å². The maximum Gasteiger partial charge on any atom is 0.404 e. The number of H-pyrrole nitrogens is 1. The molecule has 4 rings (SSSR count). The number of aromatic nitrogens is 4. The zero-order valence-corrected chi connectivity index (χ0v) is 12.0. The molecule has 0 aliphatic heterocycles. The van der Waals surface area contributed by atoms with Crippen LogP contribution in [-0.2, 0) is 0 Å². The molecule has 1 fully saturated rings. The summed E-state index contributed by atoms with van der Waals surface area (Å²) >= 11 is 0. The van der Waals surface area contributed by atoms with Crippen LogP contribution in [0.25, 0.3) is 22.1 Å². The summed E-state index contributed by atoms with van der Waals surface area (Å²) in [7, 11) is 0. The van der Waals surface area contributed by atoms with E-state index in [4.69, 9.17) is 5.11 Å². The summed E-state index contributed by atoms with van der Waals surface area (Å²) < 4.78 is 2.23. The number of aromatic amines is 1. The van der Waals surface area contributed by atoms with Crippen LogP contribution < -0.4 is 5.32 Å². The Bertz CT molecular complexity index is 829. The molecule has 1 aliphatic carbocycles. The van der Waals surface area contributed by atoms with Crippen LogP contribution in [-0.4, -0.2) is 36.8 Å². The van der Waals surface area contributed by atoms with Gasteiger partial charge >= 0.3 is 6.09 Å². The number of hydrogen-bond donors (Lipinski definition) is 3. The second kappa shape index (κ2) is 5.01. The Kier molecular flexibility index (Phi) is 2.99. The lowest BCUT2D eigenvalue weighted by molar-refractivity contribution is 0.182. The van der Waals surface area contributed by atoms with Gasteiger partial charge in [-0.1, -0.05) is 0 Å². The first-order chi connectivity index (χ1) is 10.7. The van der Waals surface area contributed by atoms with Crippen molar-refractivity contribution >= 4 is 28.2 Å². The summed E-state index contributed by atoms with van der Waals surface area (Å²) in [6.07, 6.45) is 8.25. The SMILES string of the molecule is O=C(O)NC1CCC(n2cnc3cnc4[nH]ccc4c32)CC1. The van der Waals surface area contributed by atoms with Gasteiger partial charge in [0.1, 0.15) is 11.2 Å². The molecule has 7 nitrogen and oxygen atoms in total. The molecular formula is C15H17N5O2. The molecule has 3 aromatic rings. The largest absolute Gasteiger partial charge is 0.465 e. The van der Waals surface area contributed by atoms with Crippen LogP contribution in [0, 0.1) is 0 Å². The number of carboxylic acid groups (broad SMARTS) is 1. The highest BCUT2D eigenvalue weighted by atomic mass is 16.4. The molecule has 0 unspecified atom stereocenters. The van der Waals surface area contributed by atoms with Crippen molar-refractivity contribution in [1.29, 1.82) is 0 Å². The van der Waals surface area contributed by atoms with E-state index in [1.807, 2.05) is 18.6 Å². The van der Waals surface area contributed by atoms with Gasteiger partial charge in [-0.3, -0.25) is 0 Å². The number of rotatable bonds is 2. The number of fused-ring (bicyclic) bond motifs is 3. The molecule has 1 amide bonds. The topological polar surface area (TPSA) is 95.8 Å². The molecule has 22 heavy (non-hydrogen) atoms. The van der Waals surface area contributed by atoms with E-state index in [0.717, 1.165) is 47.8 Å². The molecule has 0 bridgehead atoms. The first-order valence-electron chi connectivity index (χ1n) is 7.50. The van der Waals surface area contributed by atoms with E-state index in [2.05, 4.69) is 24.8 Å². The van der Waals surface area contributed by atoms with Crippen LogP contribution in [0.4, 0.5) is 4.79 Å². The third-order valence-corrected chi connectivity index (χ3v) is 4.54. The Balaban J connectivity index is 1.65. The van der Waals surface area contributed by atoms with E-state index in [-0.39, 0.29) is 6.04 Å². The molecule has 0 atom stereocenters. The van der Waals surface area contributed by atoms with Gasteiger partial charge in [0.15, 0.2) is 0 Å². The van der Waals surface area contributed by atoms with Crippen molar-refractivity contribution in [3.63, 3.8) is 0 Å². The molecule has 1 saturated carbocycles. The van der Waals surface area contributed by atoms with Gasteiger partial charge in [0.2, 0.25) is 0 Å². The molecule has 114 valence electrons. The van der Waals surface area contributed by atoms with Crippen molar-refractivity contribution in [2.24, 2.45) is 0 Å². The van der Waals surface area contributed by atoms with Crippen LogP contribution in [0.1, 0.15) is 31.7 Å². The van der Waals surface area contributed by atoms with E-state index >= 15 is 0 Å². The monoisotopic (exact) mass is 299 g/mol. The maximum atomic E-state index is 10.7. The number of imidazole rings is 1. The van der Waals surface area contributed by atoms with Crippen molar-refractivity contribution in [2.45, 2.75) is 37.8 Å². The zero-order chi connectivity index (χ0) is 15.1.